The molecule has 9 nitrogen and oxygen atoms in total. The number of anilines is 2. The zero-order valence-corrected chi connectivity index (χ0v) is 19.2. The van der Waals surface area contributed by atoms with E-state index in [-0.39, 0.29) is 17.4 Å². The molecule has 0 aromatic carbocycles. The standard InChI is InChI=1S/C23H26F3N7O2/c1-16-13-19(23(24,25)26)33(31-16)21-4-3-18(15-29-21)30-22(34)17-5-7-28-20(14-17)27-6-2-8-32-9-11-35-12-10-32/h3-5,7,13-15H,2,6,8-12H2,1H3,(H,27,28)(H,30,34). The molecule has 0 bridgehead atoms. The number of amides is 1. The van der Waals surface area contributed by atoms with Gasteiger partial charge in [-0.1, -0.05) is 0 Å². The van der Waals surface area contributed by atoms with Gasteiger partial charge in [0.05, 0.1) is 30.8 Å². The van der Waals surface area contributed by atoms with Crippen molar-refractivity contribution in [3.05, 3.63) is 59.7 Å². The van der Waals surface area contributed by atoms with Crippen LogP contribution in [0.25, 0.3) is 5.82 Å². The van der Waals surface area contributed by atoms with Crippen LogP contribution in [-0.4, -0.2) is 69.9 Å². The molecule has 35 heavy (non-hydrogen) atoms. The normalized spacial score (nSPS) is 14.6. The van der Waals surface area contributed by atoms with Crippen molar-refractivity contribution in [1.29, 1.82) is 0 Å². The summed E-state index contributed by atoms with van der Waals surface area (Å²) in [5.74, 6) is 0.196. The molecule has 0 radical (unpaired) electrons. The van der Waals surface area contributed by atoms with Crippen LogP contribution in [0.1, 0.15) is 28.2 Å². The lowest BCUT2D eigenvalue weighted by Gasteiger charge is -2.26. The zero-order chi connectivity index (χ0) is 24.8. The average molecular weight is 490 g/mol. The molecular formula is C23H26F3N7O2. The smallest absolute Gasteiger partial charge is 0.379 e. The van der Waals surface area contributed by atoms with Gasteiger partial charge in [0, 0.05) is 31.4 Å². The Morgan fingerprint density at radius 1 is 1.14 bits per heavy atom. The summed E-state index contributed by atoms with van der Waals surface area (Å²) in [6.45, 7) is 6.56. The number of hydrogen-bond acceptors (Lipinski definition) is 7. The minimum atomic E-state index is -4.56. The van der Waals surface area contributed by atoms with Crippen LogP contribution in [0.15, 0.2) is 42.7 Å². The first-order valence-electron chi connectivity index (χ1n) is 11.2. The van der Waals surface area contributed by atoms with Crippen LogP contribution in [0.4, 0.5) is 24.7 Å². The number of halogens is 3. The van der Waals surface area contributed by atoms with Gasteiger partial charge in [-0.15, -0.1) is 0 Å². The third-order valence-corrected chi connectivity index (χ3v) is 5.43. The lowest BCUT2D eigenvalue weighted by atomic mass is 10.2. The van der Waals surface area contributed by atoms with Crippen molar-refractivity contribution in [3.63, 3.8) is 0 Å². The largest absolute Gasteiger partial charge is 0.433 e. The second kappa shape index (κ2) is 10.8. The first-order chi connectivity index (χ1) is 16.8. The molecule has 1 aliphatic heterocycles. The molecule has 12 heteroatoms. The first kappa shape index (κ1) is 24.6. The molecule has 2 N–H and O–H groups in total. The van der Waals surface area contributed by atoms with E-state index in [2.05, 4.69) is 30.6 Å². The Labute approximate surface area is 200 Å². The fourth-order valence-electron chi connectivity index (χ4n) is 3.68. The van der Waals surface area contributed by atoms with Gasteiger partial charge in [0.1, 0.15) is 11.5 Å². The van der Waals surface area contributed by atoms with Crippen molar-refractivity contribution in [2.45, 2.75) is 19.5 Å². The van der Waals surface area contributed by atoms with Crippen molar-refractivity contribution in [1.82, 2.24) is 24.6 Å². The second-order valence-electron chi connectivity index (χ2n) is 8.10. The van der Waals surface area contributed by atoms with Crippen molar-refractivity contribution in [2.75, 3.05) is 50.0 Å². The van der Waals surface area contributed by atoms with Gasteiger partial charge in [0.15, 0.2) is 5.82 Å². The van der Waals surface area contributed by atoms with Gasteiger partial charge in [-0.05, 0) is 50.2 Å². The van der Waals surface area contributed by atoms with E-state index in [0.29, 0.717) is 23.6 Å². The van der Waals surface area contributed by atoms with Crippen LogP contribution in [0.3, 0.4) is 0 Å². The summed E-state index contributed by atoms with van der Waals surface area (Å²) in [7, 11) is 0. The predicted molar refractivity (Wildman–Crippen MR) is 124 cm³/mol. The number of alkyl halides is 3. The highest BCUT2D eigenvalue weighted by atomic mass is 19.4. The zero-order valence-electron chi connectivity index (χ0n) is 19.2. The summed E-state index contributed by atoms with van der Waals surface area (Å²) in [6, 6.07) is 7.02. The van der Waals surface area contributed by atoms with Crippen LogP contribution in [0.2, 0.25) is 0 Å². The van der Waals surface area contributed by atoms with E-state index in [4.69, 9.17) is 4.74 Å². The molecule has 0 atom stereocenters. The molecule has 186 valence electrons. The molecule has 1 aliphatic rings. The van der Waals surface area contributed by atoms with Crippen molar-refractivity contribution >= 4 is 17.4 Å². The molecule has 3 aromatic heterocycles. The van der Waals surface area contributed by atoms with E-state index in [0.717, 1.165) is 50.0 Å². The quantitative estimate of drug-likeness (QED) is 0.468. The number of aromatic nitrogens is 4. The number of nitrogens with one attached hydrogen (secondary N) is 2. The van der Waals surface area contributed by atoms with E-state index in [1.54, 1.807) is 18.3 Å². The highest BCUT2D eigenvalue weighted by Gasteiger charge is 2.36. The van der Waals surface area contributed by atoms with Gasteiger partial charge in [-0.25, -0.2) is 14.6 Å². The Kier molecular flexibility index (Phi) is 7.61. The van der Waals surface area contributed by atoms with Crippen LogP contribution < -0.4 is 10.6 Å². The summed E-state index contributed by atoms with van der Waals surface area (Å²) < 4.78 is 45.8. The molecular weight excluding hydrogens is 463 g/mol. The topological polar surface area (TPSA) is 97.2 Å². The Balaban J connectivity index is 1.33. The number of aryl methyl sites for hydroxylation is 1. The molecule has 1 fully saturated rings. The molecule has 0 unspecified atom stereocenters. The van der Waals surface area contributed by atoms with E-state index in [9.17, 15) is 18.0 Å². The van der Waals surface area contributed by atoms with E-state index >= 15 is 0 Å². The predicted octanol–water partition coefficient (Wildman–Crippen LogP) is 3.38. The van der Waals surface area contributed by atoms with Gasteiger partial charge in [0.2, 0.25) is 0 Å². The minimum Gasteiger partial charge on any atom is -0.379 e. The highest BCUT2D eigenvalue weighted by Crippen LogP contribution is 2.31. The number of rotatable bonds is 8. The van der Waals surface area contributed by atoms with Crippen LogP contribution in [0, 0.1) is 6.92 Å². The van der Waals surface area contributed by atoms with E-state index in [1.165, 1.54) is 25.3 Å². The summed E-state index contributed by atoms with van der Waals surface area (Å²) >= 11 is 0. The lowest BCUT2D eigenvalue weighted by Crippen LogP contribution is -2.37. The lowest BCUT2D eigenvalue weighted by molar-refractivity contribution is -0.142. The number of carbonyl (C=O) groups excluding carboxylic acids is 1. The van der Waals surface area contributed by atoms with Gasteiger partial charge in [-0.2, -0.15) is 18.3 Å². The number of hydrogen-bond donors (Lipinski definition) is 2. The molecule has 0 saturated carbocycles. The number of morpholine rings is 1. The number of ether oxygens (including phenoxy) is 1. The number of pyridine rings is 2. The second-order valence-corrected chi connectivity index (χ2v) is 8.10. The third kappa shape index (κ3) is 6.55. The van der Waals surface area contributed by atoms with Crippen LogP contribution in [0.5, 0.6) is 0 Å². The molecule has 4 heterocycles. The van der Waals surface area contributed by atoms with Gasteiger partial charge < -0.3 is 15.4 Å². The van der Waals surface area contributed by atoms with Crippen molar-refractivity contribution in [2.24, 2.45) is 0 Å². The monoisotopic (exact) mass is 489 g/mol. The van der Waals surface area contributed by atoms with E-state index in [1.807, 2.05) is 0 Å². The van der Waals surface area contributed by atoms with Crippen molar-refractivity contribution in [3.8, 4) is 5.82 Å². The molecule has 3 aromatic rings. The molecule has 1 amide bonds. The van der Waals surface area contributed by atoms with Crippen LogP contribution in [-0.2, 0) is 10.9 Å². The summed E-state index contributed by atoms with van der Waals surface area (Å²) in [5, 5.41) is 9.80. The van der Waals surface area contributed by atoms with Crippen molar-refractivity contribution < 1.29 is 22.7 Å². The molecule has 0 spiro atoms. The first-order valence-corrected chi connectivity index (χ1v) is 11.2. The summed E-state index contributed by atoms with van der Waals surface area (Å²) in [4.78, 5) is 23.3. The SMILES string of the molecule is Cc1cc(C(F)(F)F)n(-c2ccc(NC(=O)c3ccnc(NCCCN4CCOCC4)c3)cn2)n1. The Morgan fingerprint density at radius 2 is 1.94 bits per heavy atom. The molecule has 4 rings (SSSR count). The average Bonchev–Trinajstić information content (AvgIpc) is 3.25. The highest BCUT2D eigenvalue weighted by molar-refractivity contribution is 6.04. The fraction of sp³-hybridized carbons (Fsp3) is 0.391. The Morgan fingerprint density at radius 3 is 2.66 bits per heavy atom. The maximum Gasteiger partial charge on any atom is 0.433 e. The number of carbonyl (C=O) groups is 1. The van der Waals surface area contributed by atoms with E-state index < -0.39 is 11.9 Å². The number of nitrogens with zero attached hydrogens (tertiary/aromatic N) is 5. The van der Waals surface area contributed by atoms with Crippen LogP contribution >= 0.6 is 0 Å². The minimum absolute atomic E-state index is 0.00380. The molecule has 1 saturated heterocycles. The molecule has 0 aliphatic carbocycles. The fourth-order valence-corrected chi connectivity index (χ4v) is 3.68. The Hall–Kier alpha value is -3.51. The maximum absolute atomic E-state index is 13.2. The maximum atomic E-state index is 13.2. The van der Waals surface area contributed by atoms with Gasteiger partial charge in [-0.3, -0.25) is 9.69 Å². The van der Waals surface area contributed by atoms with Gasteiger partial charge >= 0.3 is 6.18 Å². The summed E-state index contributed by atoms with van der Waals surface area (Å²) in [5.41, 5.74) is 0.0376. The summed E-state index contributed by atoms with van der Waals surface area (Å²) in [6.07, 6.45) is -0.803. The third-order valence-electron chi connectivity index (χ3n) is 5.43. The van der Waals surface area contributed by atoms with Gasteiger partial charge in [0.25, 0.3) is 5.91 Å². The Bertz CT molecular complexity index is 1140.